The Kier molecular flexibility index (Phi) is 4.95. The summed E-state index contributed by atoms with van der Waals surface area (Å²) >= 11 is 0. The number of para-hydroxylation sites is 1. The standard InChI is InChI=1S/C15H21NO2/c1-11-7-6-8-12(2)15(11)18-13(3)14(17)9-10-16(4)5/h6-10,13H,1-5H3. The third-order valence-electron chi connectivity index (χ3n) is 2.64. The third kappa shape index (κ3) is 3.91. The molecule has 0 radical (unpaired) electrons. The first kappa shape index (κ1) is 14.3. The van der Waals surface area contributed by atoms with Crippen LogP contribution in [0, 0.1) is 13.8 Å². The average molecular weight is 247 g/mol. The zero-order valence-corrected chi connectivity index (χ0v) is 11.7. The van der Waals surface area contributed by atoms with E-state index in [0.29, 0.717) is 0 Å². The number of aryl methyl sites for hydroxylation is 2. The number of hydrogen-bond acceptors (Lipinski definition) is 3. The second-order valence-corrected chi connectivity index (χ2v) is 4.66. The smallest absolute Gasteiger partial charge is 0.197 e. The molecule has 0 saturated carbocycles. The van der Waals surface area contributed by atoms with Crippen LogP contribution in [0.2, 0.25) is 0 Å². The van der Waals surface area contributed by atoms with Crippen molar-refractivity contribution in [3.63, 3.8) is 0 Å². The van der Waals surface area contributed by atoms with Crippen molar-refractivity contribution in [3.05, 3.63) is 41.6 Å². The van der Waals surface area contributed by atoms with Crippen molar-refractivity contribution < 1.29 is 9.53 Å². The molecule has 98 valence electrons. The Bertz CT molecular complexity index is 430. The molecule has 1 aromatic rings. The van der Waals surface area contributed by atoms with Gasteiger partial charge in [0.25, 0.3) is 0 Å². The van der Waals surface area contributed by atoms with Crippen LogP contribution < -0.4 is 4.74 Å². The molecule has 1 rings (SSSR count). The van der Waals surface area contributed by atoms with E-state index in [4.69, 9.17) is 4.74 Å². The lowest BCUT2D eigenvalue weighted by molar-refractivity contribution is -0.120. The van der Waals surface area contributed by atoms with Crippen LogP contribution >= 0.6 is 0 Å². The van der Waals surface area contributed by atoms with Crippen LogP contribution in [-0.4, -0.2) is 30.9 Å². The fourth-order valence-electron chi connectivity index (χ4n) is 1.58. The summed E-state index contributed by atoms with van der Waals surface area (Å²) in [6.45, 7) is 5.73. The molecule has 0 bridgehead atoms. The summed E-state index contributed by atoms with van der Waals surface area (Å²) in [6, 6.07) is 5.94. The van der Waals surface area contributed by atoms with Crippen LogP contribution in [0.4, 0.5) is 0 Å². The van der Waals surface area contributed by atoms with Crippen LogP contribution in [0.5, 0.6) is 5.75 Å². The highest BCUT2D eigenvalue weighted by atomic mass is 16.5. The average Bonchev–Trinajstić information content (AvgIpc) is 2.30. The first-order valence-electron chi connectivity index (χ1n) is 6.03. The third-order valence-corrected chi connectivity index (χ3v) is 2.64. The van der Waals surface area contributed by atoms with Gasteiger partial charge in [-0.25, -0.2) is 0 Å². The monoisotopic (exact) mass is 247 g/mol. The zero-order valence-electron chi connectivity index (χ0n) is 11.7. The SMILES string of the molecule is Cc1cccc(C)c1OC(C)C(=O)C=CN(C)C. The molecule has 0 spiro atoms. The van der Waals surface area contributed by atoms with E-state index >= 15 is 0 Å². The molecule has 3 nitrogen and oxygen atoms in total. The lowest BCUT2D eigenvalue weighted by atomic mass is 10.1. The summed E-state index contributed by atoms with van der Waals surface area (Å²) in [5, 5.41) is 0. The van der Waals surface area contributed by atoms with E-state index in [0.717, 1.165) is 16.9 Å². The number of ether oxygens (including phenoxy) is 1. The molecule has 0 heterocycles. The predicted octanol–water partition coefficient (Wildman–Crippen LogP) is 2.72. The van der Waals surface area contributed by atoms with E-state index in [1.807, 2.05) is 51.0 Å². The lowest BCUT2D eigenvalue weighted by Gasteiger charge is -2.16. The molecule has 0 amide bonds. The van der Waals surface area contributed by atoms with Gasteiger partial charge in [0, 0.05) is 26.4 Å². The Labute approximate surface area is 109 Å². The van der Waals surface area contributed by atoms with Crippen LogP contribution in [0.25, 0.3) is 0 Å². The number of carbonyl (C=O) groups is 1. The molecule has 0 aliphatic carbocycles. The van der Waals surface area contributed by atoms with Gasteiger partial charge in [-0.1, -0.05) is 18.2 Å². The molecule has 0 fully saturated rings. The van der Waals surface area contributed by atoms with E-state index in [9.17, 15) is 4.79 Å². The highest BCUT2D eigenvalue weighted by Crippen LogP contribution is 2.23. The topological polar surface area (TPSA) is 29.5 Å². The van der Waals surface area contributed by atoms with Gasteiger partial charge in [0.1, 0.15) is 5.75 Å². The minimum Gasteiger partial charge on any atom is -0.482 e. The Morgan fingerprint density at radius 3 is 2.33 bits per heavy atom. The van der Waals surface area contributed by atoms with Gasteiger partial charge in [-0.2, -0.15) is 0 Å². The molecule has 3 heteroatoms. The molecule has 0 aliphatic rings. The van der Waals surface area contributed by atoms with Gasteiger partial charge in [0.15, 0.2) is 11.9 Å². The highest BCUT2D eigenvalue weighted by molar-refractivity contribution is 5.93. The molecule has 0 N–H and O–H groups in total. The minimum absolute atomic E-state index is 0.0358. The van der Waals surface area contributed by atoms with Gasteiger partial charge in [0.2, 0.25) is 0 Å². The van der Waals surface area contributed by atoms with Crippen molar-refractivity contribution in [1.29, 1.82) is 0 Å². The van der Waals surface area contributed by atoms with Gasteiger partial charge >= 0.3 is 0 Å². The second kappa shape index (κ2) is 6.24. The maximum absolute atomic E-state index is 11.8. The number of hydrogen-bond donors (Lipinski definition) is 0. The van der Waals surface area contributed by atoms with Crippen molar-refractivity contribution in [3.8, 4) is 5.75 Å². The quantitative estimate of drug-likeness (QED) is 0.749. The fraction of sp³-hybridized carbons (Fsp3) is 0.400. The second-order valence-electron chi connectivity index (χ2n) is 4.66. The maximum Gasteiger partial charge on any atom is 0.197 e. The molecule has 1 unspecified atom stereocenters. The molecular weight excluding hydrogens is 226 g/mol. The zero-order chi connectivity index (χ0) is 13.7. The molecule has 0 saturated heterocycles. The van der Waals surface area contributed by atoms with Crippen LogP contribution in [-0.2, 0) is 4.79 Å². The number of benzene rings is 1. The first-order valence-corrected chi connectivity index (χ1v) is 6.03. The Hall–Kier alpha value is -1.77. The van der Waals surface area contributed by atoms with Gasteiger partial charge in [-0.3, -0.25) is 4.79 Å². The predicted molar refractivity (Wildman–Crippen MR) is 73.8 cm³/mol. The van der Waals surface area contributed by atoms with Gasteiger partial charge in [-0.05, 0) is 31.9 Å². The van der Waals surface area contributed by atoms with Crippen molar-refractivity contribution in [2.45, 2.75) is 26.9 Å². The van der Waals surface area contributed by atoms with E-state index in [1.54, 1.807) is 13.1 Å². The van der Waals surface area contributed by atoms with Gasteiger partial charge in [-0.15, -0.1) is 0 Å². The number of ketones is 1. The van der Waals surface area contributed by atoms with E-state index in [1.165, 1.54) is 6.08 Å². The Morgan fingerprint density at radius 1 is 1.28 bits per heavy atom. The fourth-order valence-corrected chi connectivity index (χ4v) is 1.58. The lowest BCUT2D eigenvalue weighted by Crippen LogP contribution is -2.23. The number of rotatable bonds is 5. The maximum atomic E-state index is 11.8. The van der Waals surface area contributed by atoms with Gasteiger partial charge in [0.05, 0.1) is 0 Å². The van der Waals surface area contributed by atoms with E-state index < -0.39 is 6.10 Å². The molecule has 1 atom stereocenters. The van der Waals surface area contributed by atoms with Gasteiger partial charge < -0.3 is 9.64 Å². The first-order chi connectivity index (χ1) is 8.41. The Morgan fingerprint density at radius 2 is 1.83 bits per heavy atom. The minimum atomic E-state index is -0.471. The van der Waals surface area contributed by atoms with Crippen molar-refractivity contribution in [2.24, 2.45) is 0 Å². The summed E-state index contributed by atoms with van der Waals surface area (Å²) in [5.74, 6) is 0.767. The normalized spacial score (nSPS) is 12.5. The van der Waals surface area contributed by atoms with Crippen LogP contribution in [0.3, 0.4) is 0 Å². The Balaban J connectivity index is 2.76. The summed E-state index contributed by atoms with van der Waals surface area (Å²) in [7, 11) is 3.75. The summed E-state index contributed by atoms with van der Waals surface area (Å²) in [6.07, 6.45) is 2.80. The van der Waals surface area contributed by atoms with E-state index in [-0.39, 0.29) is 5.78 Å². The molecule has 0 aromatic heterocycles. The molecule has 1 aromatic carbocycles. The molecule has 0 aliphatic heterocycles. The number of carbonyl (C=O) groups excluding carboxylic acids is 1. The highest BCUT2D eigenvalue weighted by Gasteiger charge is 2.14. The largest absolute Gasteiger partial charge is 0.482 e. The van der Waals surface area contributed by atoms with Crippen molar-refractivity contribution in [1.82, 2.24) is 4.90 Å². The molecule has 18 heavy (non-hydrogen) atoms. The van der Waals surface area contributed by atoms with Crippen molar-refractivity contribution in [2.75, 3.05) is 14.1 Å². The molecular formula is C15H21NO2. The summed E-state index contributed by atoms with van der Waals surface area (Å²) < 4.78 is 5.75. The number of nitrogens with zero attached hydrogens (tertiary/aromatic N) is 1. The van der Waals surface area contributed by atoms with Crippen LogP contribution in [0.1, 0.15) is 18.1 Å². The summed E-state index contributed by atoms with van der Waals surface area (Å²) in [5.41, 5.74) is 2.09. The van der Waals surface area contributed by atoms with E-state index in [2.05, 4.69) is 0 Å². The van der Waals surface area contributed by atoms with Crippen LogP contribution in [0.15, 0.2) is 30.5 Å². The summed E-state index contributed by atoms with van der Waals surface area (Å²) in [4.78, 5) is 13.7. The van der Waals surface area contributed by atoms with Crippen molar-refractivity contribution >= 4 is 5.78 Å².